The van der Waals surface area contributed by atoms with E-state index in [1.54, 1.807) is 23.6 Å². The average Bonchev–Trinajstić information content (AvgIpc) is 2.48. The fraction of sp³-hybridized carbons (Fsp3) is 0.125. The molecule has 0 unspecified atom stereocenters. The highest BCUT2D eigenvalue weighted by Crippen LogP contribution is 2.22. The highest BCUT2D eigenvalue weighted by atomic mass is 79.9. The average molecular weight is 347 g/mol. The summed E-state index contributed by atoms with van der Waals surface area (Å²) in [6, 6.07) is 12.2. The maximum absolute atomic E-state index is 13.6. The van der Waals surface area contributed by atoms with Crippen LogP contribution in [0.3, 0.4) is 0 Å². The summed E-state index contributed by atoms with van der Waals surface area (Å²) in [6.45, 7) is 1.98. The molecule has 3 rings (SSSR count). The first kappa shape index (κ1) is 13.9. The molecule has 106 valence electrons. The van der Waals surface area contributed by atoms with E-state index in [2.05, 4.69) is 20.9 Å². The van der Waals surface area contributed by atoms with E-state index in [0.29, 0.717) is 22.3 Å². The summed E-state index contributed by atoms with van der Waals surface area (Å²) in [5.41, 5.74) is 2.48. The summed E-state index contributed by atoms with van der Waals surface area (Å²) in [5.74, 6) is -0.337. The first-order valence-electron chi connectivity index (χ1n) is 6.47. The maximum Gasteiger partial charge on any atom is 0.272 e. The van der Waals surface area contributed by atoms with Gasteiger partial charge in [-0.1, -0.05) is 24.3 Å². The molecule has 0 saturated carbocycles. The molecule has 0 N–H and O–H groups in total. The second kappa shape index (κ2) is 5.41. The molecule has 0 saturated heterocycles. The standard InChI is InChI=1S/C16H12BrFN2O/c1-10-16(21)20(14-8-3-2-7-13(14)19-10)9-11-5-4-6-12(18)15(11)17/h2-8H,9H2,1H3. The lowest BCUT2D eigenvalue weighted by Crippen LogP contribution is -2.24. The monoisotopic (exact) mass is 346 g/mol. The molecular formula is C16H12BrFN2O. The maximum atomic E-state index is 13.6. The van der Waals surface area contributed by atoms with Crippen molar-refractivity contribution in [2.45, 2.75) is 13.5 Å². The summed E-state index contributed by atoms with van der Waals surface area (Å²) in [5, 5.41) is 0. The Hall–Kier alpha value is -2.01. The van der Waals surface area contributed by atoms with Crippen LogP contribution in [0.15, 0.2) is 51.7 Å². The molecule has 0 aliphatic carbocycles. The molecule has 0 atom stereocenters. The number of hydrogen-bond acceptors (Lipinski definition) is 2. The van der Waals surface area contributed by atoms with Crippen molar-refractivity contribution in [3.8, 4) is 0 Å². The minimum atomic E-state index is -0.337. The number of para-hydroxylation sites is 2. The molecule has 21 heavy (non-hydrogen) atoms. The van der Waals surface area contributed by atoms with Crippen molar-refractivity contribution in [3.63, 3.8) is 0 Å². The Labute approximate surface area is 129 Å². The lowest BCUT2D eigenvalue weighted by atomic mass is 10.2. The molecule has 2 aromatic carbocycles. The molecular weight excluding hydrogens is 335 g/mol. The molecule has 3 aromatic rings. The number of rotatable bonds is 2. The van der Waals surface area contributed by atoms with Gasteiger partial charge in [0.2, 0.25) is 0 Å². The van der Waals surface area contributed by atoms with Gasteiger partial charge in [0.25, 0.3) is 5.56 Å². The van der Waals surface area contributed by atoms with Crippen molar-refractivity contribution < 1.29 is 4.39 Å². The van der Waals surface area contributed by atoms with E-state index in [1.165, 1.54) is 6.07 Å². The van der Waals surface area contributed by atoms with E-state index < -0.39 is 0 Å². The van der Waals surface area contributed by atoms with Crippen LogP contribution in [-0.4, -0.2) is 9.55 Å². The number of aryl methyl sites for hydroxylation is 1. The van der Waals surface area contributed by atoms with Crippen LogP contribution in [0.4, 0.5) is 4.39 Å². The highest BCUT2D eigenvalue weighted by molar-refractivity contribution is 9.10. The van der Waals surface area contributed by atoms with Crippen molar-refractivity contribution in [1.29, 1.82) is 0 Å². The van der Waals surface area contributed by atoms with E-state index in [4.69, 9.17) is 0 Å². The Morgan fingerprint density at radius 1 is 1.19 bits per heavy atom. The second-order valence-electron chi connectivity index (χ2n) is 4.79. The lowest BCUT2D eigenvalue weighted by Gasteiger charge is -2.12. The van der Waals surface area contributed by atoms with Gasteiger partial charge in [-0.15, -0.1) is 0 Å². The van der Waals surface area contributed by atoms with Gasteiger partial charge in [-0.05, 0) is 46.6 Å². The summed E-state index contributed by atoms with van der Waals surface area (Å²) in [6.07, 6.45) is 0. The lowest BCUT2D eigenvalue weighted by molar-refractivity contribution is 0.615. The molecule has 3 nitrogen and oxygen atoms in total. The van der Waals surface area contributed by atoms with Crippen LogP contribution in [0.2, 0.25) is 0 Å². The third-order valence-corrected chi connectivity index (χ3v) is 4.26. The Kier molecular flexibility index (Phi) is 3.59. The van der Waals surface area contributed by atoms with Crippen molar-refractivity contribution in [3.05, 3.63) is 74.4 Å². The van der Waals surface area contributed by atoms with Gasteiger partial charge >= 0.3 is 0 Å². The SMILES string of the molecule is Cc1nc2ccccc2n(Cc2cccc(F)c2Br)c1=O. The largest absolute Gasteiger partial charge is 0.301 e. The smallest absolute Gasteiger partial charge is 0.272 e. The van der Waals surface area contributed by atoms with Crippen molar-refractivity contribution in [2.24, 2.45) is 0 Å². The van der Waals surface area contributed by atoms with E-state index in [0.717, 1.165) is 11.0 Å². The summed E-state index contributed by atoms with van der Waals surface area (Å²) >= 11 is 3.24. The number of nitrogens with zero attached hydrogens (tertiary/aromatic N) is 2. The fourth-order valence-electron chi connectivity index (χ4n) is 2.32. The summed E-state index contributed by atoms with van der Waals surface area (Å²) in [7, 11) is 0. The van der Waals surface area contributed by atoms with Crippen molar-refractivity contribution in [1.82, 2.24) is 9.55 Å². The summed E-state index contributed by atoms with van der Waals surface area (Å²) in [4.78, 5) is 16.7. The van der Waals surface area contributed by atoms with Crippen LogP contribution in [0.25, 0.3) is 11.0 Å². The highest BCUT2D eigenvalue weighted by Gasteiger charge is 2.11. The third-order valence-electron chi connectivity index (χ3n) is 3.38. The van der Waals surface area contributed by atoms with E-state index in [1.807, 2.05) is 24.3 Å². The van der Waals surface area contributed by atoms with E-state index in [-0.39, 0.29) is 11.4 Å². The van der Waals surface area contributed by atoms with Crippen LogP contribution in [0.1, 0.15) is 11.3 Å². The normalized spacial score (nSPS) is 11.0. The zero-order valence-corrected chi connectivity index (χ0v) is 12.9. The van der Waals surface area contributed by atoms with Crippen LogP contribution >= 0.6 is 15.9 Å². The van der Waals surface area contributed by atoms with Crippen molar-refractivity contribution in [2.75, 3.05) is 0 Å². The minimum absolute atomic E-state index is 0.162. The minimum Gasteiger partial charge on any atom is -0.301 e. The molecule has 0 spiro atoms. The zero-order chi connectivity index (χ0) is 15.0. The van der Waals surface area contributed by atoms with Gasteiger partial charge in [-0.2, -0.15) is 0 Å². The topological polar surface area (TPSA) is 34.9 Å². The first-order chi connectivity index (χ1) is 10.1. The molecule has 0 aliphatic heterocycles. The molecule has 5 heteroatoms. The van der Waals surface area contributed by atoms with Gasteiger partial charge in [-0.3, -0.25) is 4.79 Å². The Morgan fingerprint density at radius 2 is 1.95 bits per heavy atom. The molecule has 1 heterocycles. The van der Waals surface area contributed by atoms with Crippen molar-refractivity contribution >= 4 is 27.0 Å². The van der Waals surface area contributed by atoms with Crippen LogP contribution in [0.5, 0.6) is 0 Å². The zero-order valence-electron chi connectivity index (χ0n) is 11.3. The van der Waals surface area contributed by atoms with Gasteiger partial charge in [-0.25, -0.2) is 9.37 Å². The first-order valence-corrected chi connectivity index (χ1v) is 7.26. The Morgan fingerprint density at radius 3 is 2.76 bits per heavy atom. The Bertz CT molecular complexity index is 889. The number of aromatic nitrogens is 2. The van der Waals surface area contributed by atoms with E-state index in [9.17, 15) is 9.18 Å². The Balaban J connectivity index is 2.23. The molecule has 0 aliphatic rings. The molecule has 0 amide bonds. The number of benzene rings is 2. The van der Waals surface area contributed by atoms with Gasteiger partial charge in [0.05, 0.1) is 22.1 Å². The molecule has 0 radical (unpaired) electrons. The molecule has 0 bridgehead atoms. The number of fused-ring (bicyclic) bond motifs is 1. The second-order valence-corrected chi connectivity index (χ2v) is 5.58. The van der Waals surface area contributed by atoms with Gasteiger partial charge in [0.15, 0.2) is 0 Å². The summed E-state index contributed by atoms with van der Waals surface area (Å²) < 4.78 is 15.6. The van der Waals surface area contributed by atoms with Gasteiger partial charge < -0.3 is 4.57 Å². The predicted molar refractivity (Wildman–Crippen MR) is 83.9 cm³/mol. The number of halogens is 2. The van der Waals surface area contributed by atoms with Gasteiger partial charge in [0, 0.05) is 0 Å². The molecule has 1 aromatic heterocycles. The number of hydrogen-bond donors (Lipinski definition) is 0. The fourth-order valence-corrected chi connectivity index (χ4v) is 2.71. The third kappa shape index (κ3) is 2.49. The van der Waals surface area contributed by atoms with E-state index >= 15 is 0 Å². The molecule has 0 fully saturated rings. The van der Waals surface area contributed by atoms with Gasteiger partial charge in [0.1, 0.15) is 11.5 Å². The van der Waals surface area contributed by atoms with Crippen LogP contribution in [-0.2, 0) is 6.54 Å². The predicted octanol–water partition coefficient (Wildman–Crippen LogP) is 3.65. The van der Waals surface area contributed by atoms with Crippen LogP contribution < -0.4 is 5.56 Å². The van der Waals surface area contributed by atoms with Crippen LogP contribution in [0, 0.1) is 12.7 Å². The quantitative estimate of drug-likeness (QED) is 0.709.